The predicted octanol–water partition coefficient (Wildman–Crippen LogP) is 2.62. The minimum atomic E-state index is 0.470. The van der Waals surface area contributed by atoms with E-state index in [1.165, 1.54) is 12.8 Å². The summed E-state index contributed by atoms with van der Waals surface area (Å²) < 4.78 is 5.02. The second-order valence-electron chi connectivity index (χ2n) is 2.29. The molecule has 0 fully saturated rings. The minimum Gasteiger partial charge on any atom is -0.500 e. The van der Waals surface area contributed by atoms with Crippen molar-refractivity contribution in [2.45, 2.75) is 32.6 Å². The number of nitriles is 1. The molecule has 0 amide bonds. The molecule has 0 aliphatic heterocycles. The van der Waals surface area contributed by atoms with Crippen molar-refractivity contribution in [3.63, 3.8) is 0 Å². The van der Waals surface area contributed by atoms with Gasteiger partial charge in [0.2, 0.25) is 0 Å². The highest BCUT2D eigenvalue weighted by molar-refractivity contribution is 4.74. The number of unbranched alkanes of at least 4 members (excludes halogenated alkanes) is 2. The molecule has 0 aliphatic carbocycles. The fourth-order valence-electron chi connectivity index (χ4n) is 0.631. The molecule has 0 saturated heterocycles. The predicted molar refractivity (Wildman–Crippen MR) is 44.8 cm³/mol. The molecular weight excluding hydrogens is 138 g/mol. The van der Waals surface area contributed by atoms with Crippen LogP contribution < -0.4 is 0 Å². The third-order valence-corrected chi connectivity index (χ3v) is 1.25. The van der Waals surface area contributed by atoms with Crippen LogP contribution in [0.3, 0.4) is 0 Å². The summed E-state index contributed by atoms with van der Waals surface area (Å²) in [5.74, 6) is 0. The number of ether oxygens (including phenoxy) is 1. The summed E-state index contributed by atoms with van der Waals surface area (Å²) in [6.07, 6.45) is 7.65. The highest BCUT2D eigenvalue weighted by atomic mass is 16.5. The van der Waals surface area contributed by atoms with Crippen LogP contribution in [0.25, 0.3) is 0 Å². The van der Waals surface area contributed by atoms with Crippen LogP contribution in [0.2, 0.25) is 0 Å². The summed E-state index contributed by atoms with van der Waals surface area (Å²) in [6, 6.07) is 2.01. The number of hydrogen-bond donors (Lipinski definition) is 0. The monoisotopic (exact) mass is 153 g/mol. The van der Waals surface area contributed by atoms with Crippen molar-refractivity contribution in [3.05, 3.63) is 12.3 Å². The van der Waals surface area contributed by atoms with Crippen LogP contribution in [0.5, 0.6) is 0 Å². The summed E-state index contributed by atoms with van der Waals surface area (Å²) in [6.45, 7) is 2.67. The lowest BCUT2D eigenvalue weighted by Crippen LogP contribution is -1.83. The molecule has 0 bridgehead atoms. The van der Waals surface area contributed by atoms with E-state index in [4.69, 9.17) is 10.00 Å². The minimum absolute atomic E-state index is 0.470. The van der Waals surface area contributed by atoms with E-state index in [-0.39, 0.29) is 0 Å². The Morgan fingerprint density at radius 3 is 3.00 bits per heavy atom. The van der Waals surface area contributed by atoms with Gasteiger partial charge in [-0.25, -0.2) is 0 Å². The van der Waals surface area contributed by atoms with Gasteiger partial charge in [-0.1, -0.05) is 13.3 Å². The SMILES string of the molecule is CCCC/C=C\OCCC#N. The fourth-order valence-corrected chi connectivity index (χ4v) is 0.631. The van der Waals surface area contributed by atoms with E-state index in [1.807, 2.05) is 12.1 Å². The average Bonchev–Trinajstić information content (AvgIpc) is 2.03. The second-order valence-corrected chi connectivity index (χ2v) is 2.29. The fraction of sp³-hybridized carbons (Fsp3) is 0.667. The third-order valence-electron chi connectivity index (χ3n) is 1.25. The van der Waals surface area contributed by atoms with Crippen molar-refractivity contribution in [2.24, 2.45) is 0 Å². The maximum atomic E-state index is 8.15. The molecule has 11 heavy (non-hydrogen) atoms. The molecule has 62 valence electrons. The normalized spacial score (nSPS) is 9.82. The summed E-state index contributed by atoms with van der Waals surface area (Å²) in [5, 5.41) is 8.15. The first-order chi connectivity index (χ1) is 5.41. The van der Waals surface area contributed by atoms with Gasteiger partial charge in [-0.2, -0.15) is 5.26 Å². The van der Waals surface area contributed by atoms with Crippen molar-refractivity contribution in [1.29, 1.82) is 5.26 Å². The van der Waals surface area contributed by atoms with Crippen molar-refractivity contribution in [1.82, 2.24) is 0 Å². The molecule has 0 unspecified atom stereocenters. The van der Waals surface area contributed by atoms with Crippen molar-refractivity contribution < 1.29 is 4.74 Å². The van der Waals surface area contributed by atoms with E-state index in [0.29, 0.717) is 13.0 Å². The van der Waals surface area contributed by atoms with Crippen LogP contribution in [0, 0.1) is 11.3 Å². The Bertz CT molecular complexity index is 135. The quantitative estimate of drug-likeness (QED) is 0.434. The maximum absolute atomic E-state index is 8.15. The van der Waals surface area contributed by atoms with Gasteiger partial charge in [-0.05, 0) is 18.9 Å². The third kappa shape index (κ3) is 9.03. The summed E-state index contributed by atoms with van der Waals surface area (Å²) in [7, 11) is 0. The zero-order valence-electron chi connectivity index (χ0n) is 7.05. The first-order valence-electron chi connectivity index (χ1n) is 4.05. The Hall–Kier alpha value is -0.970. The van der Waals surface area contributed by atoms with Gasteiger partial charge in [0.1, 0.15) is 6.61 Å². The molecule has 0 aromatic carbocycles. The maximum Gasteiger partial charge on any atom is 0.100 e. The average molecular weight is 153 g/mol. The van der Waals surface area contributed by atoms with Crippen molar-refractivity contribution >= 4 is 0 Å². The molecule has 2 nitrogen and oxygen atoms in total. The van der Waals surface area contributed by atoms with Gasteiger partial charge in [-0.15, -0.1) is 0 Å². The smallest absolute Gasteiger partial charge is 0.100 e. The topological polar surface area (TPSA) is 33.0 Å². The van der Waals surface area contributed by atoms with E-state index in [0.717, 1.165) is 6.42 Å². The molecule has 2 heteroatoms. The number of allylic oxidation sites excluding steroid dienone is 1. The molecule has 0 aliphatic rings. The first-order valence-corrected chi connectivity index (χ1v) is 4.05. The highest BCUT2D eigenvalue weighted by Crippen LogP contribution is 1.94. The molecule has 0 radical (unpaired) electrons. The molecule has 0 heterocycles. The standard InChI is InChI=1S/C9H15NO/c1-2-3-4-5-8-11-9-6-7-10/h5,8H,2-4,6,9H2,1H3/b8-5-. The van der Waals surface area contributed by atoms with E-state index < -0.39 is 0 Å². The Labute approximate surface area is 68.5 Å². The van der Waals surface area contributed by atoms with Gasteiger partial charge in [0, 0.05) is 0 Å². The van der Waals surface area contributed by atoms with E-state index >= 15 is 0 Å². The van der Waals surface area contributed by atoms with Gasteiger partial charge in [0.25, 0.3) is 0 Å². The number of hydrogen-bond acceptors (Lipinski definition) is 2. The lowest BCUT2D eigenvalue weighted by Gasteiger charge is -1.93. The van der Waals surface area contributed by atoms with Gasteiger partial charge in [-0.3, -0.25) is 0 Å². The van der Waals surface area contributed by atoms with Gasteiger partial charge < -0.3 is 4.74 Å². The molecule has 0 saturated carbocycles. The zero-order valence-corrected chi connectivity index (χ0v) is 7.05. The summed E-state index contributed by atoms with van der Waals surface area (Å²) in [5.41, 5.74) is 0. The first kappa shape index (κ1) is 10.0. The summed E-state index contributed by atoms with van der Waals surface area (Å²) >= 11 is 0. The van der Waals surface area contributed by atoms with Crippen molar-refractivity contribution in [3.8, 4) is 6.07 Å². The Morgan fingerprint density at radius 1 is 1.55 bits per heavy atom. The summed E-state index contributed by atoms with van der Waals surface area (Å²) in [4.78, 5) is 0. The molecule has 0 spiro atoms. The molecule has 0 rings (SSSR count). The molecule has 0 N–H and O–H groups in total. The van der Waals surface area contributed by atoms with Crippen LogP contribution in [-0.2, 0) is 4.74 Å². The molecule has 0 aromatic heterocycles. The lowest BCUT2D eigenvalue weighted by atomic mass is 10.2. The molecule has 0 aromatic rings. The second kappa shape index (κ2) is 9.03. The highest BCUT2D eigenvalue weighted by Gasteiger charge is 1.80. The van der Waals surface area contributed by atoms with Crippen LogP contribution in [0.4, 0.5) is 0 Å². The van der Waals surface area contributed by atoms with E-state index in [2.05, 4.69) is 6.92 Å². The molecular formula is C9H15NO. The van der Waals surface area contributed by atoms with Crippen LogP contribution in [0.1, 0.15) is 32.6 Å². The van der Waals surface area contributed by atoms with Crippen LogP contribution in [0.15, 0.2) is 12.3 Å². The Morgan fingerprint density at radius 2 is 2.36 bits per heavy atom. The van der Waals surface area contributed by atoms with Gasteiger partial charge >= 0.3 is 0 Å². The Kier molecular flexibility index (Phi) is 8.23. The van der Waals surface area contributed by atoms with Gasteiger partial charge in [0.05, 0.1) is 18.8 Å². The van der Waals surface area contributed by atoms with Crippen LogP contribution in [-0.4, -0.2) is 6.61 Å². The van der Waals surface area contributed by atoms with Crippen LogP contribution >= 0.6 is 0 Å². The number of nitrogens with zero attached hydrogens (tertiary/aromatic N) is 1. The lowest BCUT2D eigenvalue weighted by molar-refractivity contribution is 0.256. The number of rotatable bonds is 6. The van der Waals surface area contributed by atoms with E-state index in [9.17, 15) is 0 Å². The van der Waals surface area contributed by atoms with E-state index in [1.54, 1.807) is 6.26 Å². The van der Waals surface area contributed by atoms with Crippen molar-refractivity contribution in [2.75, 3.05) is 6.61 Å². The largest absolute Gasteiger partial charge is 0.500 e. The Balaban J connectivity index is 2.98. The van der Waals surface area contributed by atoms with Gasteiger partial charge in [0.15, 0.2) is 0 Å². The zero-order chi connectivity index (χ0) is 8.36. The molecule has 0 atom stereocenters.